The lowest BCUT2D eigenvalue weighted by Crippen LogP contribution is -2.54. The first-order chi connectivity index (χ1) is 17.8. The summed E-state index contributed by atoms with van der Waals surface area (Å²) in [5, 5.41) is 2.25. The van der Waals surface area contributed by atoms with Crippen LogP contribution in [0.3, 0.4) is 0 Å². The number of methoxy groups -OCH3 is 1. The van der Waals surface area contributed by atoms with Crippen molar-refractivity contribution < 1.29 is 33.3 Å². The summed E-state index contributed by atoms with van der Waals surface area (Å²) >= 11 is 0. The number of carbonyl (C=O) groups excluding carboxylic acids is 3. The number of aryl methyl sites for hydroxylation is 2. The van der Waals surface area contributed by atoms with Gasteiger partial charge in [-0.05, 0) is 78.6 Å². The number of carbonyl (C=O) groups is 3. The Kier molecular flexibility index (Phi) is 6.27. The molecule has 188 valence electrons. The molecule has 3 aromatic carbocycles. The van der Waals surface area contributed by atoms with Gasteiger partial charge in [-0.2, -0.15) is 0 Å². The quantitative estimate of drug-likeness (QED) is 0.398. The number of amides is 4. The highest BCUT2D eigenvalue weighted by Gasteiger charge is 2.37. The van der Waals surface area contributed by atoms with Crippen molar-refractivity contribution in [1.29, 1.82) is 0 Å². The van der Waals surface area contributed by atoms with Gasteiger partial charge < -0.3 is 18.9 Å². The molecule has 0 spiro atoms. The molecule has 1 N–H and O–H groups in total. The maximum absolute atomic E-state index is 13.2. The molecule has 37 heavy (non-hydrogen) atoms. The molecule has 1 fully saturated rings. The van der Waals surface area contributed by atoms with Crippen molar-refractivity contribution in [2.75, 3.05) is 18.8 Å². The van der Waals surface area contributed by atoms with E-state index in [1.165, 1.54) is 13.2 Å². The van der Waals surface area contributed by atoms with Crippen LogP contribution in [-0.4, -0.2) is 31.7 Å². The Labute approximate surface area is 213 Å². The lowest BCUT2D eigenvalue weighted by Gasteiger charge is -2.27. The zero-order chi connectivity index (χ0) is 26.1. The van der Waals surface area contributed by atoms with E-state index in [0.29, 0.717) is 34.2 Å². The predicted molar refractivity (Wildman–Crippen MR) is 135 cm³/mol. The van der Waals surface area contributed by atoms with Crippen LogP contribution in [0, 0.1) is 13.8 Å². The predicted octanol–water partition coefficient (Wildman–Crippen LogP) is 4.29. The molecule has 0 radical (unpaired) electrons. The van der Waals surface area contributed by atoms with Gasteiger partial charge in [-0.3, -0.25) is 14.9 Å². The zero-order valence-corrected chi connectivity index (χ0v) is 20.5. The van der Waals surface area contributed by atoms with Gasteiger partial charge in [0.25, 0.3) is 11.8 Å². The van der Waals surface area contributed by atoms with Crippen LogP contribution >= 0.6 is 0 Å². The number of nitrogens with zero attached hydrogens (tertiary/aromatic N) is 1. The number of ether oxygens (including phenoxy) is 4. The lowest BCUT2D eigenvalue weighted by atomic mass is 10.0. The van der Waals surface area contributed by atoms with E-state index in [2.05, 4.69) is 5.32 Å². The van der Waals surface area contributed by atoms with Gasteiger partial charge in [0.15, 0.2) is 23.0 Å². The highest BCUT2D eigenvalue weighted by atomic mass is 16.7. The molecular weight excluding hydrogens is 476 g/mol. The number of nitrogens with one attached hydrogen (secondary N) is 1. The number of urea groups is 1. The molecule has 3 aromatic rings. The number of hydrogen-bond donors (Lipinski definition) is 1. The maximum atomic E-state index is 13.2. The second-order valence-electron chi connectivity index (χ2n) is 8.69. The average Bonchev–Trinajstić information content (AvgIpc) is 3.33. The second kappa shape index (κ2) is 9.69. The molecule has 1 saturated heterocycles. The van der Waals surface area contributed by atoms with E-state index in [4.69, 9.17) is 18.9 Å². The maximum Gasteiger partial charge on any atom is 0.335 e. The molecular formula is C28H24N2O7. The first kappa shape index (κ1) is 23.9. The average molecular weight is 501 g/mol. The highest BCUT2D eigenvalue weighted by molar-refractivity contribution is 6.39. The molecule has 0 unspecified atom stereocenters. The third-order valence-electron chi connectivity index (χ3n) is 5.90. The summed E-state index contributed by atoms with van der Waals surface area (Å²) in [4.78, 5) is 39.3. The molecule has 0 bridgehead atoms. The summed E-state index contributed by atoms with van der Waals surface area (Å²) in [6.45, 7) is 4.20. The van der Waals surface area contributed by atoms with Gasteiger partial charge in [0, 0.05) is 0 Å². The van der Waals surface area contributed by atoms with E-state index in [1.807, 2.05) is 38.1 Å². The molecule has 0 saturated carbocycles. The molecule has 0 aliphatic carbocycles. The Bertz CT molecular complexity index is 1440. The topological polar surface area (TPSA) is 103 Å². The minimum absolute atomic E-state index is 0.171. The van der Waals surface area contributed by atoms with Crippen LogP contribution in [-0.2, 0) is 16.2 Å². The number of barbiturate groups is 1. The third-order valence-corrected chi connectivity index (χ3v) is 5.90. The molecule has 5 rings (SSSR count). The summed E-state index contributed by atoms with van der Waals surface area (Å²) in [6, 6.07) is 15.2. The number of benzene rings is 3. The number of hydrogen-bond acceptors (Lipinski definition) is 7. The Morgan fingerprint density at radius 1 is 0.919 bits per heavy atom. The molecule has 9 nitrogen and oxygen atoms in total. The van der Waals surface area contributed by atoms with Gasteiger partial charge in [-0.25, -0.2) is 9.69 Å². The van der Waals surface area contributed by atoms with Crippen molar-refractivity contribution in [3.05, 3.63) is 82.4 Å². The Balaban J connectivity index is 1.38. The van der Waals surface area contributed by atoms with E-state index in [9.17, 15) is 14.4 Å². The summed E-state index contributed by atoms with van der Waals surface area (Å²) < 4.78 is 22.1. The van der Waals surface area contributed by atoms with E-state index < -0.39 is 17.8 Å². The first-order valence-electron chi connectivity index (χ1n) is 11.5. The first-order valence-corrected chi connectivity index (χ1v) is 11.5. The van der Waals surface area contributed by atoms with Crippen molar-refractivity contribution in [1.82, 2.24) is 5.32 Å². The fourth-order valence-electron chi connectivity index (χ4n) is 4.22. The molecule has 2 aliphatic rings. The minimum Gasteiger partial charge on any atom is -0.493 e. The molecule has 2 heterocycles. The monoisotopic (exact) mass is 500 g/mol. The second-order valence-corrected chi connectivity index (χ2v) is 8.69. The summed E-state index contributed by atoms with van der Waals surface area (Å²) in [5.41, 5.74) is 3.41. The lowest BCUT2D eigenvalue weighted by molar-refractivity contribution is -0.122. The van der Waals surface area contributed by atoms with Crippen LogP contribution in [0.2, 0.25) is 0 Å². The highest BCUT2D eigenvalue weighted by Crippen LogP contribution is 2.34. The van der Waals surface area contributed by atoms with Crippen LogP contribution in [0.1, 0.15) is 22.3 Å². The van der Waals surface area contributed by atoms with Gasteiger partial charge in [0.05, 0.1) is 12.8 Å². The fraction of sp³-hybridized carbons (Fsp3) is 0.179. The largest absolute Gasteiger partial charge is 0.493 e. The third kappa shape index (κ3) is 4.84. The van der Waals surface area contributed by atoms with Crippen LogP contribution in [0.25, 0.3) is 6.08 Å². The van der Waals surface area contributed by atoms with Gasteiger partial charge in [0.1, 0.15) is 12.2 Å². The van der Waals surface area contributed by atoms with Gasteiger partial charge >= 0.3 is 6.03 Å². The van der Waals surface area contributed by atoms with Crippen LogP contribution in [0.15, 0.2) is 60.2 Å². The van der Waals surface area contributed by atoms with E-state index in [1.54, 1.807) is 30.3 Å². The smallest absolute Gasteiger partial charge is 0.335 e. The summed E-state index contributed by atoms with van der Waals surface area (Å²) in [7, 11) is 1.50. The fourth-order valence-corrected chi connectivity index (χ4v) is 4.22. The minimum atomic E-state index is -0.790. The van der Waals surface area contributed by atoms with E-state index >= 15 is 0 Å². The van der Waals surface area contributed by atoms with Gasteiger partial charge in [-0.1, -0.05) is 18.2 Å². The summed E-state index contributed by atoms with van der Waals surface area (Å²) in [6.07, 6.45) is 1.42. The Morgan fingerprint density at radius 3 is 2.43 bits per heavy atom. The number of anilines is 1. The van der Waals surface area contributed by atoms with Gasteiger partial charge in [0.2, 0.25) is 6.79 Å². The molecule has 0 aromatic heterocycles. The number of fused-ring (bicyclic) bond motifs is 1. The van der Waals surface area contributed by atoms with E-state index in [0.717, 1.165) is 21.6 Å². The van der Waals surface area contributed by atoms with Crippen molar-refractivity contribution >= 4 is 29.6 Å². The van der Waals surface area contributed by atoms with Crippen LogP contribution < -0.4 is 29.2 Å². The standard InChI is InChI=1S/C28H24N2O7/c1-16-8-17(2)10-20(9-16)30-27(32)21(26(31)29-28(30)33)11-18-4-6-22(24(12-18)34-3)35-14-19-5-7-23-25(13-19)37-15-36-23/h4-13H,14-15H2,1-3H3,(H,29,31,33)/b21-11+. The molecule has 2 aliphatic heterocycles. The van der Waals surface area contributed by atoms with Gasteiger partial charge in [-0.15, -0.1) is 0 Å². The molecule has 0 atom stereocenters. The van der Waals surface area contributed by atoms with Crippen molar-refractivity contribution in [2.24, 2.45) is 0 Å². The van der Waals surface area contributed by atoms with E-state index in [-0.39, 0.29) is 19.0 Å². The summed E-state index contributed by atoms with van der Waals surface area (Å²) in [5.74, 6) is 0.782. The zero-order valence-electron chi connectivity index (χ0n) is 20.5. The van der Waals surface area contributed by atoms with Crippen molar-refractivity contribution in [3.63, 3.8) is 0 Å². The Hall–Kier alpha value is -4.79. The van der Waals surface area contributed by atoms with Crippen LogP contribution in [0.4, 0.5) is 10.5 Å². The molecule has 4 amide bonds. The number of imide groups is 2. The molecule has 9 heteroatoms. The normalized spacial score (nSPS) is 15.7. The van der Waals surface area contributed by atoms with Crippen molar-refractivity contribution in [2.45, 2.75) is 20.5 Å². The van der Waals surface area contributed by atoms with Crippen LogP contribution in [0.5, 0.6) is 23.0 Å². The SMILES string of the molecule is COc1cc(/C=C2\C(=O)NC(=O)N(c3cc(C)cc(C)c3)C2=O)ccc1OCc1ccc2c(c1)OCO2. The van der Waals surface area contributed by atoms with Crippen molar-refractivity contribution in [3.8, 4) is 23.0 Å². The number of rotatable bonds is 6. The Morgan fingerprint density at radius 2 is 1.68 bits per heavy atom.